The highest BCUT2D eigenvalue weighted by Gasteiger charge is 2.21. The molecule has 5 heteroatoms. The first kappa shape index (κ1) is 16.4. The number of rotatable bonds is 5. The molecule has 1 aromatic carbocycles. The number of aromatic amines is 1. The summed E-state index contributed by atoms with van der Waals surface area (Å²) in [4.78, 5) is 28.4. The number of ketones is 1. The maximum absolute atomic E-state index is 12.6. The zero-order valence-electron chi connectivity index (χ0n) is 13.2. The Bertz CT molecular complexity index is 719. The summed E-state index contributed by atoms with van der Waals surface area (Å²) in [6.45, 7) is 5.30. The standard InChI is InChI=1S/C17H20N2O2S/c1-5-12-15(11(3)20)10(2)18-16(12)17(21)19-13-8-6-7-9-14(13)22-4/h6-9,18H,5H2,1-4H3,(H,19,21). The molecular formula is C17H20N2O2S. The van der Waals surface area contributed by atoms with E-state index in [0.29, 0.717) is 17.7 Å². The number of Topliss-reactive ketones (excluding diaryl/α,β-unsaturated/α-hetero) is 1. The van der Waals surface area contributed by atoms with Crippen LogP contribution in [0.3, 0.4) is 0 Å². The van der Waals surface area contributed by atoms with Gasteiger partial charge in [0.05, 0.1) is 5.69 Å². The third-order valence-corrected chi connectivity index (χ3v) is 4.37. The molecule has 0 unspecified atom stereocenters. The molecule has 2 aromatic rings. The number of para-hydroxylation sites is 1. The molecule has 1 aromatic heterocycles. The number of carbonyl (C=O) groups is 2. The van der Waals surface area contributed by atoms with Crippen molar-refractivity contribution in [3.05, 3.63) is 46.8 Å². The van der Waals surface area contributed by atoms with Gasteiger partial charge in [-0.1, -0.05) is 19.1 Å². The average molecular weight is 316 g/mol. The molecule has 1 amide bonds. The van der Waals surface area contributed by atoms with Crippen LogP contribution in [0.4, 0.5) is 5.69 Å². The van der Waals surface area contributed by atoms with E-state index in [0.717, 1.165) is 21.8 Å². The molecule has 22 heavy (non-hydrogen) atoms. The third kappa shape index (κ3) is 3.09. The fourth-order valence-electron chi connectivity index (χ4n) is 2.63. The van der Waals surface area contributed by atoms with E-state index in [4.69, 9.17) is 0 Å². The van der Waals surface area contributed by atoms with Crippen molar-refractivity contribution < 1.29 is 9.59 Å². The maximum Gasteiger partial charge on any atom is 0.272 e. The van der Waals surface area contributed by atoms with Crippen LogP contribution in [0.2, 0.25) is 0 Å². The number of thioether (sulfide) groups is 1. The zero-order chi connectivity index (χ0) is 16.3. The molecule has 0 spiro atoms. The van der Waals surface area contributed by atoms with Crippen LogP contribution in [0.1, 0.15) is 46.0 Å². The second kappa shape index (κ2) is 6.83. The smallest absolute Gasteiger partial charge is 0.272 e. The highest BCUT2D eigenvalue weighted by molar-refractivity contribution is 7.98. The molecule has 0 aliphatic rings. The summed E-state index contributed by atoms with van der Waals surface area (Å²) in [7, 11) is 0. The normalized spacial score (nSPS) is 10.5. The molecule has 2 rings (SSSR count). The average Bonchev–Trinajstić information content (AvgIpc) is 2.84. The van der Waals surface area contributed by atoms with Gasteiger partial charge in [-0.25, -0.2) is 0 Å². The molecule has 0 bridgehead atoms. The van der Waals surface area contributed by atoms with Crippen molar-refractivity contribution in [1.29, 1.82) is 0 Å². The highest BCUT2D eigenvalue weighted by atomic mass is 32.2. The van der Waals surface area contributed by atoms with Crippen molar-refractivity contribution >= 4 is 29.1 Å². The number of anilines is 1. The van der Waals surface area contributed by atoms with Gasteiger partial charge in [-0.15, -0.1) is 11.8 Å². The molecule has 0 fully saturated rings. The predicted octanol–water partition coefficient (Wildman–Crippen LogP) is 4.06. The lowest BCUT2D eigenvalue weighted by Crippen LogP contribution is -2.15. The molecule has 0 aliphatic carbocycles. The molecule has 0 saturated heterocycles. The lowest BCUT2D eigenvalue weighted by molar-refractivity contribution is 0.101. The fraction of sp³-hybridized carbons (Fsp3) is 0.294. The van der Waals surface area contributed by atoms with Crippen LogP contribution >= 0.6 is 11.8 Å². The van der Waals surface area contributed by atoms with Gasteiger partial charge in [0, 0.05) is 16.2 Å². The Labute approximate surface area is 134 Å². The highest BCUT2D eigenvalue weighted by Crippen LogP contribution is 2.26. The quantitative estimate of drug-likeness (QED) is 0.646. The molecule has 116 valence electrons. The van der Waals surface area contributed by atoms with Gasteiger partial charge in [-0.2, -0.15) is 0 Å². The monoisotopic (exact) mass is 316 g/mol. The van der Waals surface area contributed by atoms with Crippen molar-refractivity contribution in [2.45, 2.75) is 32.1 Å². The van der Waals surface area contributed by atoms with E-state index in [-0.39, 0.29) is 11.7 Å². The van der Waals surface area contributed by atoms with Crippen molar-refractivity contribution in [2.24, 2.45) is 0 Å². The van der Waals surface area contributed by atoms with Gasteiger partial charge >= 0.3 is 0 Å². The van der Waals surface area contributed by atoms with Crippen molar-refractivity contribution in [2.75, 3.05) is 11.6 Å². The van der Waals surface area contributed by atoms with E-state index in [1.54, 1.807) is 11.8 Å². The van der Waals surface area contributed by atoms with E-state index in [9.17, 15) is 9.59 Å². The Kier molecular flexibility index (Phi) is 5.08. The largest absolute Gasteiger partial charge is 0.354 e. The van der Waals surface area contributed by atoms with Crippen LogP contribution in [0.25, 0.3) is 0 Å². The summed E-state index contributed by atoms with van der Waals surface area (Å²) < 4.78 is 0. The van der Waals surface area contributed by atoms with E-state index in [1.807, 2.05) is 44.4 Å². The molecule has 4 nitrogen and oxygen atoms in total. The topological polar surface area (TPSA) is 62.0 Å². The number of H-pyrrole nitrogens is 1. The van der Waals surface area contributed by atoms with E-state index >= 15 is 0 Å². The van der Waals surface area contributed by atoms with Gasteiger partial charge in [-0.05, 0) is 44.2 Å². The van der Waals surface area contributed by atoms with Gasteiger partial charge in [0.25, 0.3) is 5.91 Å². The molecule has 2 N–H and O–H groups in total. The summed E-state index contributed by atoms with van der Waals surface area (Å²) in [6, 6.07) is 7.65. The number of benzene rings is 1. The number of nitrogens with one attached hydrogen (secondary N) is 2. The van der Waals surface area contributed by atoms with Crippen LogP contribution < -0.4 is 5.32 Å². The molecule has 0 atom stereocenters. The Morgan fingerprint density at radius 3 is 2.55 bits per heavy atom. The van der Waals surface area contributed by atoms with Crippen LogP contribution in [0.5, 0.6) is 0 Å². The second-order valence-corrected chi connectivity index (χ2v) is 5.89. The number of amides is 1. The van der Waals surface area contributed by atoms with Crippen LogP contribution in [-0.2, 0) is 6.42 Å². The minimum atomic E-state index is -0.214. The number of carbonyl (C=O) groups excluding carboxylic acids is 2. The van der Waals surface area contributed by atoms with Crippen LogP contribution in [0.15, 0.2) is 29.2 Å². The Balaban J connectivity index is 2.38. The minimum absolute atomic E-state index is 0.0193. The zero-order valence-corrected chi connectivity index (χ0v) is 14.1. The van der Waals surface area contributed by atoms with Gasteiger partial charge in [0.1, 0.15) is 5.69 Å². The van der Waals surface area contributed by atoms with Crippen molar-refractivity contribution in [1.82, 2.24) is 4.98 Å². The SMILES string of the molecule is CCc1c(C(=O)Nc2ccccc2SC)[nH]c(C)c1C(C)=O. The molecule has 1 heterocycles. The summed E-state index contributed by atoms with van der Waals surface area (Å²) in [5, 5.41) is 2.93. The predicted molar refractivity (Wildman–Crippen MR) is 91.1 cm³/mol. The molecule has 0 radical (unpaired) electrons. The fourth-order valence-corrected chi connectivity index (χ4v) is 3.19. The first-order valence-corrected chi connectivity index (χ1v) is 8.38. The minimum Gasteiger partial charge on any atom is -0.354 e. The third-order valence-electron chi connectivity index (χ3n) is 3.58. The van der Waals surface area contributed by atoms with Crippen LogP contribution in [0, 0.1) is 6.92 Å². The Morgan fingerprint density at radius 2 is 1.95 bits per heavy atom. The van der Waals surface area contributed by atoms with Gasteiger partial charge in [0.2, 0.25) is 0 Å². The first-order chi connectivity index (χ1) is 10.5. The lowest BCUT2D eigenvalue weighted by Gasteiger charge is -2.09. The summed E-state index contributed by atoms with van der Waals surface area (Å²) in [6.07, 6.45) is 2.60. The van der Waals surface area contributed by atoms with Gasteiger partial charge in [0.15, 0.2) is 5.78 Å². The van der Waals surface area contributed by atoms with Gasteiger partial charge in [-0.3, -0.25) is 9.59 Å². The van der Waals surface area contributed by atoms with Gasteiger partial charge < -0.3 is 10.3 Å². The number of hydrogen-bond acceptors (Lipinski definition) is 3. The first-order valence-electron chi connectivity index (χ1n) is 7.16. The van der Waals surface area contributed by atoms with E-state index < -0.39 is 0 Å². The number of hydrogen-bond donors (Lipinski definition) is 2. The summed E-state index contributed by atoms with van der Waals surface area (Å²) >= 11 is 1.58. The summed E-state index contributed by atoms with van der Waals surface area (Å²) in [5.74, 6) is -0.233. The molecule has 0 saturated carbocycles. The van der Waals surface area contributed by atoms with E-state index in [2.05, 4.69) is 10.3 Å². The number of aryl methyl sites for hydroxylation is 1. The van der Waals surface area contributed by atoms with E-state index in [1.165, 1.54) is 6.92 Å². The summed E-state index contributed by atoms with van der Waals surface area (Å²) in [5.41, 5.74) is 3.40. The lowest BCUT2D eigenvalue weighted by atomic mass is 10.0. The Morgan fingerprint density at radius 1 is 1.27 bits per heavy atom. The molecular weight excluding hydrogens is 296 g/mol. The second-order valence-electron chi connectivity index (χ2n) is 5.04. The maximum atomic E-state index is 12.6. The number of aromatic nitrogens is 1. The van der Waals surface area contributed by atoms with Crippen LogP contribution in [-0.4, -0.2) is 22.9 Å². The van der Waals surface area contributed by atoms with Crippen molar-refractivity contribution in [3.8, 4) is 0 Å². The van der Waals surface area contributed by atoms with Crippen molar-refractivity contribution in [3.63, 3.8) is 0 Å². The molecule has 0 aliphatic heterocycles. The Hall–Kier alpha value is -2.01.